The number of benzene rings is 1. The molecule has 0 saturated heterocycles. The number of hydrogen-bond acceptors (Lipinski definition) is 4. The lowest BCUT2D eigenvalue weighted by atomic mass is 10.1. The standard InChI is InChI=1S/C13H19NO3S2/c1-9-7-11(13(14)18)8-10(2)12(9)17-5-4-6-19(3,15)16/h7-8H,4-6H2,1-3H3,(H2,14,18). The monoisotopic (exact) mass is 301 g/mol. The van der Waals surface area contributed by atoms with E-state index in [0.29, 0.717) is 18.0 Å². The zero-order chi connectivity index (χ0) is 14.6. The van der Waals surface area contributed by atoms with E-state index in [2.05, 4.69) is 0 Å². The quantitative estimate of drug-likeness (QED) is 0.640. The van der Waals surface area contributed by atoms with E-state index in [4.69, 9.17) is 22.7 Å². The number of sulfone groups is 1. The zero-order valence-electron chi connectivity index (χ0n) is 11.4. The fourth-order valence-corrected chi connectivity index (χ4v) is 2.58. The molecule has 6 heteroatoms. The van der Waals surface area contributed by atoms with Crippen molar-refractivity contribution >= 4 is 27.0 Å². The number of rotatable bonds is 6. The second-order valence-electron chi connectivity index (χ2n) is 4.64. The summed E-state index contributed by atoms with van der Waals surface area (Å²) in [5, 5.41) is 0. The van der Waals surface area contributed by atoms with E-state index in [1.807, 2.05) is 26.0 Å². The summed E-state index contributed by atoms with van der Waals surface area (Å²) in [7, 11) is -2.93. The van der Waals surface area contributed by atoms with Crippen molar-refractivity contribution < 1.29 is 13.2 Å². The highest BCUT2D eigenvalue weighted by Crippen LogP contribution is 2.25. The average Bonchev–Trinajstić information content (AvgIpc) is 2.25. The van der Waals surface area contributed by atoms with E-state index in [9.17, 15) is 8.42 Å². The normalized spacial score (nSPS) is 11.3. The van der Waals surface area contributed by atoms with E-state index in [-0.39, 0.29) is 5.75 Å². The molecule has 19 heavy (non-hydrogen) atoms. The van der Waals surface area contributed by atoms with Crippen LogP contribution in [0.4, 0.5) is 0 Å². The smallest absolute Gasteiger partial charge is 0.147 e. The van der Waals surface area contributed by atoms with Gasteiger partial charge >= 0.3 is 0 Å². The van der Waals surface area contributed by atoms with Crippen molar-refractivity contribution in [1.82, 2.24) is 0 Å². The molecule has 0 amide bonds. The Bertz CT molecular complexity index is 557. The maximum Gasteiger partial charge on any atom is 0.147 e. The van der Waals surface area contributed by atoms with Crippen LogP contribution in [0.5, 0.6) is 5.75 Å². The minimum absolute atomic E-state index is 0.135. The fourth-order valence-electron chi connectivity index (χ4n) is 1.82. The summed E-state index contributed by atoms with van der Waals surface area (Å²) in [5.41, 5.74) is 8.30. The van der Waals surface area contributed by atoms with Crippen LogP contribution in [0.2, 0.25) is 0 Å². The molecule has 1 aromatic carbocycles. The van der Waals surface area contributed by atoms with Crippen molar-refractivity contribution in [3.8, 4) is 5.75 Å². The van der Waals surface area contributed by atoms with Gasteiger partial charge < -0.3 is 10.5 Å². The van der Waals surface area contributed by atoms with Gasteiger partial charge in [-0.15, -0.1) is 0 Å². The minimum atomic E-state index is -2.93. The molecule has 1 aromatic rings. The summed E-state index contributed by atoms with van der Waals surface area (Å²) >= 11 is 4.94. The molecule has 0 spiro atoms. The Morgan fingerprint density at radius 3 is 2.26 bits per heavy atom. The molecule has 0 heterocycles. The number of aryl methyl sites for hydroxylation is 2. The molecule has 0 aliphatic heterocycles. The van der Waals surface area contributed by atoms with Crippen LogP contribution in [-0.4, -0.2) is 32.0 Å². The molecule has 0 saturated carbocycles. The zero-order valence-corrected chi connectivity index (χ0v) is 13.0. The van der Waals surface area contributed by atoms with E-state index >= 15 is 0 Å². The lowest BCUT2D eigenvalue weighted by Crippen LogP contribution is -2.12. The van der Waals surface area contributed by atoms with Gasteiger partial charge in [0.05, 0.1) is 12.4 Å². The Morgan fingerprint density at radius 2 is 1.84 bits per heavy atom. The molecular formula is C13H19NO3S2. The van der Waals surface area contributed by atoms with Crippen molar-refractivity contribution in [3.63, 3.8) is 0 Å². The number of nitrogens with two attached hydrogens (primary N) is 1. The lowest BCUT2D eigenvalue weighted by Gasteiger charge is -2.13. The van der Waals surface area contributed by atoms with E-state index < -0.39 is 9.84 Å². The molecule has 0 unspecified atom stereocenters. The molecule has 0 bridgehead atoms. The van der Waals surface area contributed by atoms with Gasteiger partial charge in [-0.3, -0.25) is 0 Å². The number of hydrogen-bond donors (Lipinski definition) is 1. The molecule has 0 aromatic heterocycles. The van der Waals surface area contributed by atoms with Gasteiger partial charge in [-0.2, -0.15) is 0 Å². The second-order valence-corrected chi connectivity index (χ2v) is 7.33. The Hall–Kier alpha value is -1.14. The van der Waals surface area contributed by atoms with Crippen LogP contribution < -0.4 is 10.5 Å². The second kappa shape index (κ2) is 6.34. The number of ether oxygens (including phenoxy) is 1. The summed E-state index contributed by atoms with van der Waals surface area (Å²) in [6.45, 7) is 4.21. The number of thiocarbonyl (C=S) groups is 1. The van der Waals surface area contributed by atoms with E-state index in [1.165, 1.54) is 6.26 Å². The first kappa shape index (κ1) is 15.9. The van der Waals surface area contributed by atoms with Gasteiger partial charge in [0.15, 0.2) is 0 Å². The van der Waals surface area contributed by atoms with Crippen LogP contribution in [0.1, 0.15) is 23.1 Å². The van der Waals surface area contributed by atoms with Crippen molar-refractivity contribution in [1.29, 1.82) is 0 Å². The third-order valence-corrected chi connectivity index (χ3v) is 3.92. The van der Waals surface area contributed by atoms with Crippen molar-refractivity contribution in [2.24, 2.45) is 5.73 Å². The summed E-state index contributed by atoms with van der Waals surface area (Å²) in [6.07, 6.45) is 1.70. The predicted octanol–water partition coefficient (Wildman–Crippen LogP) is 1.75. The highest BCUT2D eigenvalue weighted by Gasteiger charge is 2.08. The first-order valence-corrected chi connectivity index (χ1v) is 8.39. The first-order valence-electron chi connectivity index (χ1n) is 5.92. The molecule has 0 radical (unpaired) electrons. The largest absolute Gasteiger partial charge is 0.493 e. The Morgan fingerprint density at radius 1 is 1.32 bits per heavy atom. The van der Waals surface area contributed by atoms with Gasteiger partial charge in [-0.1, -0.05) is 12.2 Å². The van der Waals surface area contributed by atoms with Crippen LogP contribution in [0.25, 0.3) is 0 Å². The van der Waals surface area contributed by atoms with E-state index in [0.717, 1.165) is 22.4 Å². The van der Waals surface area contributed by atoms with Crippen molar-refractivity contribution in [2.45, 2.75) is 20.3 Å². The Kier molecular flexibility index (Phi) is 5.31. The molecule has 0 fully saturated rings. The van der Waals surface area contributed by atoms with Gasteiger partial charge in [-0.25, -0.2) is 8.42 Å². The predicted molar refractivity (Wildman–Crippen MR) is 81.6 cm³/mol. The van der Waals surface area contributed by atoms with Gasteiger partial charge in [0.25, 0.3) is 0 Å². The maximum atomic E-state index is 11.0. The highest BCUT2D eigenvalue weighted by molar-refractivity contribution is 7.90. The highest BCUT2D eigenvalue weighted by atomic mass is 32.2. The average molecular weight is 301 g/mol. The van der Waals surface area contributed by atoms with E-state index in [1.54, 1.807) is 0 Å². The topological polar surface area (TPSA) is 69.4 Å². The van der Waals surface area contributed by atoms with Crippen LogP contribution in [-0.2, 0) is 9.84 Å². The third kappa shape index (κ3) is 5.16. The summed E-state index contributed by atoms with van der Waals surface area (Å²) < 4.78 is 27.7. The minimum Gasteiger partial charge on any atom is -0.493 e. The Balaban J connectivity index is 2.72. The third-order valence-electron chi connectivity index (χ3n) is 2.65. The van der Waals surface area contributed by atoms with Gasteiger partial charge in [0, 0.05) is 11.8 Å². The Labute approximate surface area is 119 Å². The summed E-state index contributed by atoms with van der Waals surface area (Å²) in [6, 6.07) is 3.75. The van der Waals surface area contributed by atoms with Gasteiger partial charge in [0.2, 0.25) is 0 Å². The molecular weight excluding hydrogens is 282 g/mol. The first-order chi connectivity index (χ1) is 8.70. The SMILES string of the molecule is Cc1cc(C(N)=S)cc(C)c1OCCCS(C)(=O)=O. The fraction of sp³-hybridized carbons (Fsp3) is 0.462. The van der Waals surface area contributed by atoms with Gasteiger partial charge in [0.1, 0.15) is 20.6 Å². The van der Waals surface area contributed by atoms with Crippen molar-refractivity contribution in [3.05, 3.63) is 28.8 Å². The van der Waals surface area contributed by atoms with Crippen LogP contribution in [0.15, 0.2) is 12.1 Å². The molecule has 2 N–H and O–H groups in total. The molecule has 0 aliphatic carbocycles. The van der Waals surface area contributed by atoms with Crippen LogP contribution in [0, 0.1) is 13.8 Å². The summed E-state index contributed by atoms with van der Waals surface area (Å²) in [5.74, 6) is 0.907. The molecule has 0 atom stereocenters. The maximum absolute atomic E-state index is 11.0. The molecule has 1 rings (SSSR count). The lowest BCUT2D eigenvalue weighted by molar-refractivity contribution is 0.313. The molecule has 4 nitrogen and oxygen atoms in total. The van der Waals surface area contributed by atoms with Crippen LogP contribution >= 0.6 is 12.2 Å². The molecule has 106 valence electrons. The molecule has 0 aliphatic rings. The summed E-state index contributed by atoms with van der Waals surface area (Å²) in [4.78, 5) is 0.356. The van der Waals surface area contributed by atoms with Gasteiger partial charge in [-0.05, 0) is 43.5 Å². The van der Waals surface area contributed by atoms with Crippen LogP contribution in [0.3, 0.4) is 0 Å². The van der Waals surface area contributed by atoms with Crippen molar-refractivity contribution in [2.75, 3.05) is 18.6 Å².